The molecule has 1 aromatic rings. The van der Waals surface area contributed by atoms with E-state index in [0.717, 1.165) is 4.47 Å². The molecule has 1 rings (SSSR count). The molecule has 0 unspecified atom stereocenters. The molecule has 90 valence electrons. The van der Waals surface area contributed by atoms with Gasteiger partial charge >= 0.3 is 6.09 Å². The molecule has 1 aromatic carbocycles. The number of rotatable bonds is 2. The average Bonchev–Trinajstić information content (AvgIpc) is 2.16. The molecule has 6 heteroatoms. The predicted molar refractivity (Wildman–Crippen MR) is 69.3 cm³/mol. The Labute approximate surface area is 103 Å². The Morgan fingerprint density at radius 2 is 2.19 bits per heavy atom. The molecule has 16 heavy (non-hydrogen) atoms. The second-order valence-corrected chi connectivity index (χ2v) is 8.84. The molecule has 0 spiro atoms. The largest absolute Gasteiger partial charge is 0.463 e. The van der Waals surface area contributed by atoms with Crippen LogP contribution in [0.15, 0.2) is 38.0 Å². The smallest absolute Gasteiger partial charge is 0.437 e. The van der Waals surface area contributed by atoms with Gasteiger partial charge in [-0.2, -0.15) is 0 Å². The molecule has 0 aromatic heterocycles. The van der Waals surface area contributed by atoms with Crippen molar-refractivity contribution < 1.29 is 14.5 Å². The molecule has 0 bridgehead atoms. The standard InChI is InChI=1S/C10H14BrNO3S/c1-3-16(2,15,12-10(13)14)9-6-4-5-8(11)7-9/h4-7H,3H2,1-2H3,(H,12,15)(H,13,14). The third-order valence-electron chi connectivity index (χ3n) is 2.42. The molecular formula is C10H14BrNO3S. The first-order valence-corrected chi connectivity index (χ1v) is 7.96. The molecule has 0 radical (unpaired) electrons. The van der Waals surface area contributed by atoms with E-state index >= 15 is 0 Å². The fraction of sp³-hybridized carbons (Fsp3) is 0.300. The summed E-state index contributed by atoms with van der Waals surface area (Å²) in [4.78, 5) is 11.3. The summed E-state index contributed by atoms with van der Waals surface area (Å²) >= 11 is 3.29. The highest BCUT2D eigenvalue weighted by Gasteiger charge is 2.28. The maximum absolute atomic E-state index is 10.7. The SMILES string of the molecule is CCS(C)(O)(=NC(=O)O)c1cccc(Br)c1. The fourth-order valence-corrected chi connectivity index (χ4v) is 3.69. The molecule has 0 aliphatic rings. The van der Waals surface area contributed by atoms with Crippen LogP contribution in [-0.4, -0.2) is 27.8 Å². The summed E-state index contributed by atoms with van der Waals surface area (Å²) in [6, 6.07) is 6.97. The Morgan fingerprint density at radius 1 is 1.56 bits per heavy atom. The topological polar surface area (TPSA) is 69.9 Å². The first-order valence-electron chi connectivity index (χ1n) is 4.63. The van der Waals surface area contributed by atoms with Crippen LogP contribution in [0.2, 0.25) is 0 Å². The molecule has 0 heterocycles. The van der Waals surface area contributed by atoms with E-state index in [0.29, 0.717) is 4.90 Å². The lowest BCUT2D eigenvalue weighted by Crippen LogP contribution is -2.34. The number of nitrogens with zero attached hydrogens (tertiary/aromatic N) is 1. The number of carboxylic acid groups (broad SMARTS) is 1. The highest BCUT2D eigenvalue weighted by molar-refractivity contribution is 9.10. The van der Waals surface area contributed by atoms with Crippen LogP contribution in [0, 0.1) is 0 Å². The van der Waals surface area contributed by atoms with Gasteiger partial charge in [0.1, 0.15) is 0 Å². The maximum Gasteiger partial charge on any atom is 0.437 e. The van der Waals surface area contributed by atoms with Gasteiger partial charge in [-0.25, -0.2) is 4.79 Å². The van der Waals surface area contributed by atoms with E-state index in [-0.39, 0.29) is 5.75 Å². The van der Waals surface area contributed by atoms with Crippen LogP contribution < -0.4 is 0 Å². The van der Waals surface area contributed by atoms with Crippen LogP contribution in [-0.2, 0) is 9.24 Å². The zero-order chi connectivity index (χ0) is 12.4. The Balaban J connectivity index is 3.53. The van der Waals surface area contributed by atoms with E-state index in [1.54, 1.807) is 25.1 Å². The van der Waals surface area contributed by atoms with Gasteiger partial charge in [-0.1, -0.05) is 38.2 Å². The predicted octanol–water partition coefficient (Wildman–Crippen LogP) is 3.48. The molecule has 0 fully saturated rings. The van der Waals surface area contributed by atoms with Crippen molar-refractivity contribution in [3.05, 3.63) is 28.7 Å². The summed E-state index contributed by atoms with van der Waals surface area (Å²) in [5.41, 5.74) is 0. The summed E-state index contributed by atoms with van der Waals surface area (Å²) in [5, 5.41) is 8.76. The van der Waals surface area contributed by atoms with Gasteiger partial charge in [0.25, 0.3) is 0 Å². The van der Waals surface area contributed by atoms with Gasteiger partial charge in [0.05, 0.1) is 0 Å². The van der Waals surface area contributed by atoms with Gasteiger partial charge < -0.3 is 9.66 Å². The second kappa shape index (κ2) is 4.27. The van der Waals surface area contributed by atoms with E-state index in [4.69, 9.17) is 5.11 Å². The minimum Gasteiger partial charge on any atom is -0.463 e. The first-order chi connectivity index (χ1) is 7.27. The van der Waals surface area contributed by atoms with Gasteiger partial charge in [-0.3, -0.25) is 0 Å². The van der Waals surface area contributed by atoms with E-state index in [1.165, 1.54) is 6.26 Å². The quantitative estimate of drug-likeness (QED) is 0.878. The van der Waals surface area contributed by atoms with Crippen molar-refractivity contribution in [2.24, 2.45) is 4.36 Å². The molecule has 4 nitrogen and oxygen atoms in total. The lowest BCUT2D eigenvalue weighted by atomic mass is 10.4. The van der Waals surface area contributed by atoms with Crippen molar-refractivity contribution in [1.29, 1.82) is 0 Å². The highest BCUT2D eigenvalue weighted by Crippen LogP contribution is 2.34. The highest BCUT2D eigenvalue weighted by atomic mass is 79.9. The lowest BCUT2D eigenvalue weighted by molar-refractivity contribution is 0.206. The summed E-state index contributed by atoms with van der Waals surface area (Å²) < 4.78 is 14.9. The minimum absolute atomic E-state index is 0.278. The number of halogens is 1. The van der Waals surface area contributed by atoms with Crippen molar-refractivity contribution in [2.45, 2.75) is 11.8 Å². The van der Waals surface area contributed by atoms with Crippen molar-refractivity contribution in [3.8, 4) is 0 Å². The third kappa shape index (κ3) is 2.69. The molecule has 0 saturated heterocycles. The van der Waals surface area contributed by atoms with Crippen molar-refractivity contribution in [2.75, 3.05) is 12.0 Å². The van der Waals surface area contributed by atoms with E-state index in [2.05, 4.69) is 20.3 Å². The van der Waals surface area contributed by atoms with E-state index in [9.17, 15) is 9.35 Å². The Hall–Kier alpha value is -0.720. The summed E-state index contributed by atoms with van der Waals surface area (Å²) in [6.07, 6.45) is 0.168. The van der Waals surface area contributed by atoms with Gasteiger partial charge in [0, 0.05) is 21.4 Å². The molecular weight excluding hydrogens is 294 g/mol. The molecule has 0 saturated carbocycles. The minimum atomic E-state index is -3.41. The normalized spacial score (nSPS) is 13.9. The van der Waals surface area contributed by atoms with Crippen LogP contribution in [0.25, 0.3) is 0 Å². The van der Waals surface area contributed by atoms with Gasteiger partial charge in [-0.15, -0.1) is 4.36 Å². The molecule has 0 atom stereocenters. The maximum atomic E-state index is 10.7. The summed E-state index contributed by atoms with van der Waals surface area (Å²) in [6.45, 7) is 1.73. The second-order valence-electron chi connectivity index (χ2n) is 3.64. The average molecular weight is 308 g/mol. The number of benzene rings is 1. The summed E-state index contributed by atoms with van der Waals surface area (Å²) in [5.74, 6) is 0.278. The van der Waals surface area contributed by atoms with Crippen molar-refractivity contribution >= 4 is 31.3 Å². The Bertz CT molecular complexity index is 493. The number of hydrogen-bond donors (Lipinski definition) is 2. The Kier molecular flexibility index (Phi) is 3.56. The molecule has 0 aliphatic carbocycles. The Morgan fingerprint density at radius 3 is 2.62 bits per heavy atom. The van der Waals surface area contributed by atoms with Gasteiger partial charge in [0.15, 0.2) is 0 Å². The van der Waals surface area contributed by atoms with Crippen molar-refractivity contribution in [3.63, 3.8) is 0 Å². The van der Waals surface area contributed by atoms with Crippen LogP contribution in [0.1, 0.15) is 6.92 Å². The van der Waals surface area contributed by atoms with Crippen LogP contribution in [0.4, 0.5) is 4.79 Å². The molecule has 0 aliphatic heterocycles. The third-order valence-corrected chi connectivity index (χ3v) is 6.42. The zero-order valence-electron chi connectivity index (χ0n) is 9.05. The number of amides is 1. The van der Waals surface area contributed by atoms with E-state index in [1.807, 2.05) is 6.07 Å². The summed E-state index contributed by atoms with van der Waals surface area (Å²) in [7, 11) is -3.41. The van der Waals surface area contributed by atoms with Crippen LogP contribution in [0.5, 0.6) is 0 Å². The van der Waals surface area contributed by atoms with Crippen LogP contribution >= 0.6 is 15.9 Å². The molecule has 2 N–H and O–H groups in total. The fourth-order valence-electron chi connectivity index (χ4n) is 1.29. The zero-order valence-corrected chi connectivity index (χ0v) is 11.5. The van der Waals surface area contributed by atoms with Crippen molar-refractivity contribution in [1.82, 2.24) is 0 Å². The monoisotopic (exact) mass is 307 g/mol. The lowest BCUT2D eigenvalue weighted by Gasteiger charge is -2.37. The van der Waals surface area contributed by atoms with Gasteiger partial charge in [0.2, 0.25) is 0 Å². The number of hydrogen-bond acceptors (Lipinski definition) is 1. The van der Waals surface area contributed by atoms with E-state index < -0.39 is 15.3 Å². The first kappa shape index (κ1) is 13.3. The molecule has 1 amide bonds. The van der Waals surface area contributed by atoms with Gasteiger partial charge in [-0.05, 0) is 18.2 Å². The number of carbonyl (C=O) groups is 1. The van der Waals surface area contributed by atoms with Crippen LogP contribution in [0.3, 0.4) is 0 Å².